The van der Waals surface area contributed by atoms with Crippen molar-refractivity contribution in [1.29, 1.82) is 0 Å². The molecule has 0 unspecified atom stereocenters. The van der Waals surface area contributed by atoms with Crippen LogP contribution in [-0.2, 0) is 0 Å². The van der Waals surface area contributed by atoms with Gasteiger partial charge in [0.2, 0.25) is 5.88 Å². The quantitative estimate of drug-likeness (QED) is 0.905. The summed E-state index contributed by atoms with van der Waals surface area (Å²) in [5.41, 5.74) is 0.797. The van der Waals surface area contributed by atoms with Gasteiger partial charge in [0, 0.05) is 6.07 Å². The maximum absolute atomic E-state index is 12.0. The Morgan fingerprint density at radius 3 is 2.68 bits per heavy atom. The normalized spacial score (nSPS) is 9.79. The highest BCUT2D eigenvalue weighted by molar-refractivity contribution is 6.03. The van der Waals surface area contributed by atoms with Gasteiger partial charge in [0.05, 0.1) is 19.9 Å². The summed E-state index contributed by atoms with van der Waals surface area (Å²) in [4.78, 5) is 19.8. The van der Waals surface area contributed by atoms with Crippen LogP contribution < -0.4 is 14.8 Å². The van der Waals surface area contributed by atoms with Gasteiger partial charge in [0.1, 0.15) is 17.8 Å². The van der Waals surface area contributed by atoms with E-state index in [4.69, 9.17) is 9.47 Å². The van der Waals surface area contributed by atoms with E-state index in [1.54, 1.807) is 25.3 Å². The van der Waals surface area contributed by atoms with Crippen LogP contribution in [0.3, 0.4) is 0 Å². The Morgan fingerprint density at radius 1 is 1.16 bits per heavy atom. The van der Waals surface area contributed by atoms with Crippen LogP contribution in [0.2, 0.25) is 0 Å². The first kappa shape index (κ1) is 12.8. The lowest BCUT2D eigenvalue weighted by Gasteiger charge is -2.09. The highest BCUT2D eigenvalue weighted by atomic mass is 16.5. The average Bonchev–Trinajstić information content (AvgIpc) is 2.47. The van der Waals surface area contributed by atoms with Crippen molar-refractivity contribution in [3.8, 4) is 11.6 Å². The van der Waals surface area contributed by atoms with Crippen molar-refractivity contribution in [2.75, 3.05) is 19.5 Å². The zero-order chi connectivity index (χ0) is 13.7. The number of benzene rings is 1. The summed E-state index contributed by atoms with van der Waals surface area (Å²) in [5, 5.41) is 2.72. The molecule has 0 aliphatic heterocycles. The number of hydrogen-bond donors (Lipinski definition) is 1. The summed E-state index contributed by atoms with van der Waals surface area (Å²) in [6.45, 7) is 0. The maximum atomic E-state index is 12.0. The zero-order valence-corrected chi connectivity index (χ0v) is 10.6. The van der Waals surface area contributed by atoms with E-state index in [-0.39, 0.29) is 11.6 Å². The molecule has 2 rings (SSSR count). The molecule has 19 heavy (non-hydrogen) atoms. The number of ether oxygens (including phenoxy) is 2. The van der Waals surface area contributed by atoms with Crippen molar-refractivity contribution in [3.05, 3.63) is 42.4 Å². The van der Waals surface area contributed by atoms with Gasteiger partial charge < -0.3 is 14.8 Å². The van der Waals surface area contributed by atoms with Crippen LogP contribution in [0.25, 0.3) is 0 Å². The van der Waals surface area contributed by atoms with Gasteiger partial charge in [-0.2, -0.15) is 0 Å². The van der Waals surface area contributed by atoms with Crippen LogP contribution in [-0.4, -0.2) is 30.1 Å². The highest BCUT2D eigenvalue weighted by Gasteiger charge is 2.11. The molecule has 0 fully saturated rings. The molecule has 1 amide bonds. The Hall–Kier alpha value is -2.63. The Balaban J connectivity index is 2.20. The maximum Gasteiger partial charge on any atom is 0.274 e. The first-order valence-electron chi connectivity index (χ1n) is 5.55. The van der Waals surface area contributed by atoms with E-state index in [2.05, 4.69) is 15.3 Å². The number of nitrogens with zero attached hydrogens (tertiary/aromatic N) is 2. The number of carbonyl (C=O) groups is 1. The van der Waals surface area contributed by atoms with Crippen molar-refractivity contribution < 1.29 is 14.3 Å². The molecule has 0 saturated heterocycles. The minimum absolute atomic E-state index is 0.220. The van der Waals surface area contributed by atoms with E-state index in [0.717, 1.165) is 0 Å². The van der Waals surface area contributed by atoms with Gasteiger partial charge in [0.15, 0.2) is 0 Å². The minimum atomic E-state index is -0.356. The Morgan fingerprint density at radius 2 is 1.95 bits per heavy atom. The van der Waals surface area contributed by atoms with Crippen LogP contribution in [0.4, 0.5) is 5.69 Å². The standard InChI is InChI=1S/C13H13N3O3/c1-18-11-6-4-3-5-9(11)16-13(17)10-7-12(19-2)15-8-14-10/h3-8H,1-2H3,(H,16,17). The van der Waals surface area contributed by atoms with E-state index in [0.29, 0.717) is 17.3 Å². The molecular formula is C13H13N3O3. The number of rotatable bonds is 4. The second kappa shape index (κ2) is 5.81. The third-order valence-corrected chi connectivity index (χ3v) is 2.44. The molecule has 0 saturated carbocycles. The lowest BCUT2D eigenvalue weighted by atomic mass is 10.2. The monoisotopic (exact) mass is 259 g/mol. The predicted octanol–water partition coefficient (Wildman–Crippen LogP) is 1.75. The largest absolute Gasteiger partial charge is 0.495 e. The molecule has 0 radical (unpaired) electrons. The third kappa shape index (κ3) is 2.98. The van der Waals surface area contributed by atoms with Gasteiger partial charge in [-0.25, -0.2) is 9.97 Å². The number of amides is 1. The zero-order valence-electron chi connectivity index (χ0n) is 10.6. The third-order valence-electron chi connectivity index (χ3n) is 2.44. The molecule has 1 aromatic carbocycles. The van der Waals surface area contributed by atoms with Crippen molar-refractivity contribution in [3.63, 3.8) is 0 Å². The number of carbonyl (C=O) groups excluding carboxylic acids is 1. The van der Waals surface area contributed by atoms with Crippen LogP contribution >= 0.6 is 0 Å². The Bertz CT molecular complexity index is 587. The molecular weight excluding hydrogens is 246 g/mol. The molecule has 0 spiro atoms. The topological polar surface area (TPSA) is 73.3 Å². The van der Waals surface area contributed by atoms with Crippen LogP contribution in [0.15, 0.2) is 36.7 Å². The second-order valence-corrected chi connectivity index (χ2v) is 3.60. The van der Waals surface area contributed by atoms with Gasteiger partial charge in [-0.3, -0.25) is 4.79 Å². The van der Waals surface area contributed by atoms with Crippen LogP contribution in [0, 0.1) is 0 Å². The van der Waals surface area contributed by atoms with Crippen LogP contribution in [0.5, 0.6) is 11.6 Å². The molecule has 6 heteroatoms. The SMILES string of the molecule is COc1cc(C(=O)Nc2ccccc2OC)ncn1. The van der Waals surface area contributed by atoms with Crippen molar-refractivity contribution in [2.45, 2.75) is 0 Å². The molecule has 98 valence electrons. The van der Waals surface area contributed by atoms with Crippen LogP contribution in [0.1, 0.15) is 10.5 Å². The molecule has 1 aromatic heterocycles. The minimum Gasteiger partial charge on any atom is -0.495 e. The molecule has 0 bridgehead atoms. The summed E-state index contributed by atoms with van der Waals surface area (Å²) < 4.78 is 10.1. The van der Waals surface area contributed by atoms with Gasteiger partial charge in [-0.15, -0.1) is 0 Å². The van der Waals surface area contributed by atoms with E-state index >= 15 is 0 Å². The average molecular weight is 259 g/mol. The van der Waals surface area contributed by atoms with Crippen molar-refractivity contribution in [1.82, 2.24) is 9.97 Å². The van der Waals surface area contributed by atoms with E-state index < -0.39 is 0 Å². The fourth-order valence-corrected chi connectivity index (χ4v) is 1.51. The second-order valence-electron chi connectivity index (χ2n) is 3.60. The number of nitrogens with one attached hydrogen (secondary N) is 1. The van der Waals surface area contributed by atoms with Gasteiger partial charge in [-0.1, -0.05) is 12.1 Å². The summed E-state index contributed by atoms with van der Waals surface area (Å²) >= 11 is 0. The summed E-state index contributed by atoms with van der Waals surface area (Å²) in [5.74, 6) is 0.558. The van der Waals surface area contributed by atoms with Gasteiger partial charge >= 0.3 is 0 Å². The van der Waals surface area contributed by atoms with Crippen molar-refractivity contribution >= 4 is 11.6 Å². The number of anilines is 1. The molecule has 2 aromatic rings. The molecule has 6 nitrogen and oxygen atoms in total. The number of methoxy groups -OCH3 is 2. The summed E-state index contributed by atoms with van der Waals surface area (Å²) in [6.07, 6.45) is 1.27. The fraction of sp³-hybridized carbons (Fsp3) is 0.154. The van der Waals surface area contributed by atoms with E-state index in [9.17, 15) is 4.79 Å². The molecule has 0 aliphatic rings. The fourth-order valence-electron chi connectivity index (χ4n) is 1.51. The van der Waals surface area contributed by atoms with Gasteiger partial charge in [0.25, 0.3) is 5.91 Å². The number of aromatic nitrogens is 2. The molecule has 0 aliphatic carbocycles. The molecule has 0 atom stereocenters. The van der Waals surface area contributed by atoms with Crippen molar-refractivity contribution in [2.24, 2.45) is 0 Å². The summed E-state index contributed by atoms with van der Waals surface area (Å²) in [7, 11) is 3.02. The molecule has 1 N–H and O–H groups in total. The van der Waals surface area contributed by atoms with E-state index in [1.807, 2.05) is 6.07 Å². The predicted molar refractivity (Wildman–Crippen MR) is 69.5 cm³/mol. The summed E-state index contributed by atoms with van der Waals surface area (Å²) in [6, 6.07) is 8.59. The highest BCUT2D eigenvalue weighted by Crippen LogP contribution is 2.23. The molecule has 1 heterocycles. The van der Waals surface area contributed by atoms with Gasteiger partial charge in [-0.05, 0) is 12.1 Å². The lowest BCUT2D eigenvalue weighted by molar-refractivity contribution is 0.102. The first-order chi connectivity index (χ1) is 9.24. The Kier molecular flexibility index (Phi) is 3.92. The number of hydrogen-bond acceptors (Lipinski definition) is 5. The lowest BCUT2D eigenvalue weighted by Crippen LogP contribution is -2.14. The number of para-hydroxylation sites is 2. The first-order valence-corrected chi connectivity index (χ1v) is 5.55. The Labute approximate surface area is 110 Å². The smallest absolute Gasteiger partial charge is 0.274 e. The van der Waals surface area contributed by atoms with E-state index in [1.165, 1.54) is 19.5 Å².